The molecule has 2 aromatic rings. The van der Waals surface area contributed by atoms with Crippen LogP contribution in [0.15, 0.2) is 36.4 Å². The maximum Gasteiger partial charge on any atom is 0.407 e. The zero-order chi connectivity index (χ0) is 17.6. The standard InChI is InChI=1S/C18H21ClN4O2/c1-13-10-16(22-17(19)20-13)23-9-5-8-15(11-23)21-18(24)25-12-14-6-3-2-4-7-14/h2-4,6-7,10,15H,5,8-9,11-12H2,1H3,(H,21,24). The fourth-order valence-corrected chi connectivity index (χ4v) is 3.13. The molecule has 25 heavy (non-hydrogen) atoms. The van der Waals surface area contributed by atoms with E-state index in [1.165, 1.54) is 0 Å². The fourth-order valence-electron chi connectivity index (χ4n) is 2.91. The summed E-state index contributed by atoms with van der Waals surface area (Å²) in [6.45, 7) is 3.71. The molecule has 6 nitrogen and oxygen atoms in total. The number of carbonyl (C=O) groups is 1. The van der Waals surface area contributed by atoms with E-state index in [2.05, 4.69) is 20.2 Å². The second-order valence-electron chi connectivity index (χ2n) is 6.13. The van der Waals surface area contributed by atoms with Crippen LogP contribution in [0.4, 0.5) is 10.6 Å². The molecule has 1 saturated heterocycles. The summed E-state index contributed by atoms with van der Waals surface area (Å²) in [5.74, 6) is 0.793. The Kier molecular flexibility index (Phi) is 5.71. The molecule has 3 rings (SSSR count). The molecule has 7 heteroatoms. The van der Waals surface area contributed by atoms with Gasteiger partial charge >= 0.3 is 6.09 Å². The molecule has 0 radical (unpaired) electrons. The van der Waals surface area contributed by atoms with Crippen molar-refractivity contribution in [2.45, 2.75) is 32.4 Å². The number of nitrogens with one attached hydrogen (secondary N) is 1. The maximum atomic E-state index is 12.0. The van der Waals surface area contributed by atoms with Gasteiger partial charge in [0, 0.05) is 30.9 Å². The molecule has 1 N–H and O–H groups in total. The average Bonchev–Trinajstić information content (AvgIpc) is 2.60. The summed E-state index contributed by atoms with van der Waals surface area (Å²) >= 11 is 5.95. The molecule has 1 aliphatic heterocycles. The third kappa shape index (κ3) is 5.06. The summed E-state index contributed by atoms with van der Waals surface area (Å²) in [5, 5.41) is 3.18. The van der Waals surface area contributed by atoms with Crippen molar-refractivity contribution in [2.75, 3.05) is 18.0 Å². The van der Waals surface area contributed by atoms with E-state index in [1.54, 1.807) is 0 Å². The summed E-state index contributed by atoms with van der Waals surface area (Å²) in [6, 6.07) is 11.6. The third-order valence-electron chi connectivity index (χ3n) is 4.09. The number of ether oxygens (including phenoxy) is 1. The number of piperidine rings is 1. The fraction of sp³-hybridized carbons (Fsp3) is 0.389. The van der Waals surface area contributed by atoms with E-state index in [4.69, 9.17) is 16.3 Å². The number of alkyl carbamates (subject to hydrolysis) is 1. The monoisotopic (exact) mass is 360 g/mol. The van der Waals surface area contributed by atoms with Crippen LogP contribution in [0, 0.1) is 6.92 Å². The first kappa shape index (κ1) is 17.5. The van der Waals surface area contributed by atoms with Crippen LogP contribution in [0.25, 0.3) is 0 Å². The van der Waals surface area contributed by atoms with Gasteiger partial charge in [0.05, 0.1) is 0 Å². The van der Waals surface area contributed by atoms with Crippen LogP contribution in [-0.2, 0) is 11.3 Å². The van der Waals surface area contributed by atoms with E-state index in [-0.39, 0.29) is 17.9 Å². The summed E-state index contributed by atoms with van der Waals surface area (Å²) in [4.78, 5) is 22.5. The van der Waals surface area contributed by atoms with E-state index in [0.717, 1.165) is 36.5 Å². The first-order valence-corrected chi connectivity index (χ1v) is 8.71. The Morgan fingerprint density at radius 3 is 2.92 bits per heavy atom. The molecule has 0 spiro atoms. The average molecular weight is 361 g/mol. The van der Waals surface area contributed by atoms with Crippen LogP contribution in [-0.4, -0.2) is 35.2 Å². The molecule has 0 bridgehead atoms. The van der Waals surface area contributed by atoms with Crippen molar-refractivity contribution in [1.82, 2.24) is 15.3 Å². The summed E-state index contributed by atoms with van der Waals surface area (Å²) in [5.41, 5.74) is 1.79. The highest BCUT2D eigenvalue weighted by Gasteiger charge is 2.23. The van der Waals surface area contributed by atoms with Crippen molar-refractivity contribution in [1.29, 1.82) is 0 Å². The second kappa shape index (κ2) is 8.16. The Bertz CT molecular complexity index is 706. The summed E-state index contributed by atoms with van der Waals surface area (Å²) in [6.07, 6.45) is 1.48. The number of hydrogen-bond acceptors (Lipinski definition) is 5. The van der Waals surface area contributed by atoms with Gasteiger partial charge in [-0.2, -0.15) is 0 Å². The molecule has 0 saturated carbocycles. The van der Waals surface area contributed by atoms with Crippen molar-refractivity contribution in [3.8, 4) is 0 Å². The predicted molar refractivity (Wildman–Crippen MR) is 96.8 cm³/mol. The number of aryl methyl sites for hydroxylation is 1. The Morgan fingerprint density at radius 2 is 2.16 bits per heavy atom. The number of hydrogen-bond donors (Lipinski definition) is 1. The van der Waals surface area contributed by atoms with E-state index in [1.807, 2.05) is 43.3 Å². The number of aromatic nitrogens is 2. The number of nitrogens with zero attached hydrogens (tertiary/aromatic N) is 3. The number of benzene rings is 1. The Hall–Kier alpha value is -2.34. The lowest BCUT2D eigenvalue weighted by atomic mass is 10.1. The van der Waals surface area contributed by atoms with Gasteiger partial charge in [-0.05, 0) is 36.9 Å². The van der Waals surface area contributed by atoms with Gasteiger partial charge in [0.25, 0.3) is 0 Å². The van der Waals surface area contributed by atoms with Gasteiger partial charge < -0.3 is 15.0 Å². The van der Waals surface area contributed by atoms with Gasteiger partial charge in [0.15, 0.2) is 0 Å². The molecular formula is C18H21ClN4O2. The highest BCUT2D eigenvalue weighted by molar-refractivity contribution is 6.28. The lowest BCUT2D eigenvalue weighted by molar-refractivity contribution is 0.134. The van der Waals surface area contributed by atoms with Gasteiger partial charge in [-0.25, -0.2) is 14.8 Å². The summed E-state index contributed by atoms with van der Waals surface area (Å²) < 4.78 is 5.29. The SMILES string of the molecule is Cc1cc(N2CCCC(NC(=O)OCc3ccccc3)C2)nc(Cl)n1. The minimum absolute atomic E-state index is 0.0195. The van der Waals surface area contributed by atoms with Crippen LogP contribution in [0.3, 0.4) is 0 Å². The lowest BCUT2D eigenvalue weighted by Gasteiger charge is -2.33. The van der Waals surface area contributed by atoms with Gasteiger partial charge in [0.1, 0.15) is 12.4 Å². The third-order valence-corrected chi connectivity index (χ3v) is 4.26. The molecule has 1 atom stereocenters. The Morgan fingerprint density at radius 1 is 1.36 bits per heavy atom. The molecule has 1 aromatic carbocycles. The zero-order valence-electron chi connectivity index (χ0n) is 14.1. The minimum atomic E-state index is -0.396. The first-order chi connectivity index (χ1) is 12.1. The van der Waals surface area contributed by atoms with Crippen molar-refractivity contribution >= 4 is 23.5 Å². The Labute approximate surface area is 152 Å². The molecule has 2 heterocycles. The summed E-state index contributed by atoms with van der Waals surface area (Å²) in [7, 11) is 0. The second-order valence-corrected chi connectivity index (χ2v) is 6.47. The van der Waals surface area contributed by atoms with E-state index in [0.29, 0.717) is 6.54 Å². The number of anilines is 1. The molecule has 1 aliphatic rings. The minimum Gasteiger partial charge on any atom is -0.445 e. The first-order valence-electron chi connectivity index (χ1n) is 8.33. The smallest absolute Gasteiger partial charge is 0.407 e. The number of carbonyl (C=O) groups excluding carboxylic acids is 1. The molecule has 1 amide bonds. The topological polar surface area (TPSA) is 67.4 Å². The van der Waals surface area contributed by atoms with Crippen molar-refractivity contribution in [2.24, 2.45) is 0 Å². The molecule has 1 fully saturated rings. The number of amides is 1. The largest absolute Gasteiger partial charge is 0.445 e. The Balaban J connectivity index is 1.53. The maximum absolute atomic E-state index is 12.0. The van der Waals surface area contributed by atoms with Crippen molar-refractivity contribution in [3.63, 3.8) is 0 Å². The van der Waals surface area contributed by atoms with Gasteiger partial charge in [-0.1, -0.05) is 30.3 Å². The van der Waals surface area contributed by atoms with Crippen molar-refractivity contribution < 1.29 is 9.53 Å². The molecule has 1 aromatic heterocycles. The van der Waals surface area contributed by atoms with Gasteiger partial charge in [0.2, 0.25) is 5.28 Å². The van der Waals surface area contributed by atoms with Crippen molar-refractivity contribution in [3.05, 3.63) is 52.9 Å². The highest BCUT2D eigenvalue weighted by atomic mass is 35.5. The van der Waals surface area contributed by atoms with Gasteiger partial charge in [-0.15, -0.1) is 0 Å². The number of rotatable bonds is 4. The van der Waals surface area contributed by atoms with Gasteiger partial charge in [-0.3, -0.25) is 0 Å². The lowest BCUT2D eigenvalue weighted by Crippen LogP contribution is -2.48. The van der Waals surface area contributed by atoms with E-state index < -0.39 is 6.09 Å². The van der Waals surface area contributed by atoms with Crippen LogP contribution in [0.5, 0.6) is 0 Å². The molecule has 1 unspecified atom stereocenters. The molecular weight excluding hydrogens is 340 g/mol. The normalized spacial score (nSPS) is 17.2. The van der Waals surface area contributed by atoms with Crippen LogP contribution in [0.1, 0.15) is 24.1 Å². The van der Waals surface area contributed by atoms with E-state index >= 15 is 0 Å². The highest BCUT2D eigenvalue weighted by Crippen LogP contribution is 2.20. The quantitative estimate of drug-likeness (QED) is 0.847. The number of halogens is 1. The molecule has 132 valence electrons. The van der Waals surface area contributed by atoms with E-state index in [9.17, 15) is 4.79 Å². The van der Waals surface area contributed by atoms with Crippen LogP contribution in [0.2, 0.25) is 5.28 Å². The predicted octanol–water partition coefficient (Wildman–Crippen LogP) is 3.33. The van der Waals surface area contributed by atoms with Crippen LogP contribution >= 0.6 is 11.6 Å². The zero-order valence-corrected chi connectivity index (χ0v) is 14.9. The molecule has 0 aliphatic carbocycles. The van der Waals surface area contributed by atoms with Crippen LogP contribution < -0.4 is 10.2 Å².